The van der Waals surface area contributed by atoms with E-state index in [1.54, 1.807) is 26.0 Å². The number of hydrogen-bond donors (Lipinski definition) is 7. The van der Waals surface area contributed by atoms with Crippen LogP contribution in [0.4, 0.5) is 0 Å². The van der Waals surface area contributed by atoms with Gasteiger partial charge in [0.15, 0.2) is 5.78 Å². The number of carbonyl (C=O) groups excluding carboxylic acids is 11. The standard InChI is InChI=1S/C44H74N10O13/c1-17-18-19-21(2)35(58)34-40(63)49-33(30(11)55)31(56)20-32(57)50(12)26(7)37(60)47-24(5)42(65)51(13)27(8)38(61)45-22(3)36(59)46-23(4)41(64)52(14)28(9)39(62)48-25(6)43(66)53(15)29(10)44(67)54(34)16/h17-18,21-30,33-35,55,58H,19-20H2,1-16H3,(H,45,61)(H,46,59)(H,47,60)(H,48,62)(H,49,63)/b18-17+. The first-order valence-electron chi connectivity index (χ1n) is 22.2. The number of hydrogen-bond acceptors (Lipinski definition) is 13. The minimum absolute atomic E-state index is 0.256. The Morgan fingerprint density at radius 3 is 1.28 bits per heavy atom. The van der Waals surface area contributed by atoms with Gasteiger partial charge in [-0.3, -0.25) is 52.7 Å². The largest absolute Gasteiger partial charge is 0.391 e. The summed E-state index contributed by atoms with van der Waals surface area (Å²) in [4.78, 5) is 153. The lowest BCUT2D eigenvalue weighted by molar-refractivity contribution is -0.152. The molecule has 0 aromatic carbocycles. The average Bonchev–Trinajstić information content (AvgIpc) is 3.28. The van der Waals surface area contributed by atoms with Gasteiger partial charge in [0.1, 0.15) is 60.4 Å². The third-order valence-corrected chi connectivity index (χ3v) is 12.3. The van der Waals surface area contributed by atoms with Crippen LogP contribution in [0.5, 0.6) is 0 Å². The highest BCUT2D eigenvalue weighted by molar-refractivity contribution is 6.04. The summed E-state index contributed by atoms with van der Waals surface area (Å²) in [5, 5.41) is 34.6. The molecule has 7 N–H and O–H groups in total. The van der Waals surface area contributed by atoms with Gasteiger partial charge in [-0.1, -0.05) is 19.1 Å². The maximum absolute atomic E-state index is 14.1. The zero-order chi connectivity index (χ0) is 52.1. The first-order chi connectivity index (χ1) is 30.8. The quantitative estimate of drug-likeness (QED) is 0.107. The lowest BCUT2D eigenvalue weighted by atomic mass is 9.92. The predicted molar refractivity (Wildman–Crippen MR) is 244 cm³/mol. The SMILES string of the molecule is C/C=C/CC(C)C(O)C1C(=O)NC(C(C)O)C(=O)CC(=O)N(C)C(C)C(=O)NC(C)C(=O)N(C)C(C)C(=O)NC(C)C(=O)NC(C)C(=O)N(C)C(C)C(=O)NC(C)C(=O)N(C)C(C)C(=O)N1C. The number of likely N-dealkylation sites (N-methyl/N-ethyl adjacent to an activating group) is 5. The van der Waals surface area contributed by atoms with Crippen LogP contribution in [0.25, 0.3) is 0 Å². The van der Waals surface area contributed by atoms with Crippen LogP contribution in [-0.4, -0.2) is 207 Å². The number of carbonyl (C=O) groups is 11. The van der Waals surface area contributed by atoms with Crippen LogP contribution >= 0.6 is 0 Å². The Bertz CT molecular complexity index is 1890. The van der Waals surface area contributed by atoms with Gasteiger partial charge in [-0.15, -0.1) is 0 Å². The van der Waals surface area contributed by atoms with E-state index in [9.17, 15) is 63.0 Å². The zero-order valence-corrected chi connectivity index (χ0v) is 41.7. The summed E-state index contributed by atoms with van der Waals surface area (Å²) >= 11 is 0. The summed E-state index contributed by atoms with van der Waals surface area (Å²) in [7, 11) is 6.30. The Labute approximate surface area is 393 Å². The zero-order valence-electron chi connectivity index (χ0n) is 41.7. The van der Waals surface area contributed by atoms with Crippen molar-refractivity contribution in [3.63, 3.8) is 0 Å². The fourth-order valence-corrected chi connectivity index (χ4v) is 6.88. The van der Waals surface area contributed by atoms with Crippen LogP contribution in [0.1, 0.15) is 89.0 Å². The highest BCUT2D eigenvalue weighted by Crippen LogP contribution is 2.20. The monoisotopic (exact) mass is 951 g/mol. The Hall–Kier alpha value is -5.97. The molecule has 23 nitrogen and oxygen atoms in total. The average molecular weight is 951 g/mol. The second kappa shape index (κ2) is 25.8. The van der Waals surface area contributed by atoms with Gasteiger partial charge < -0.3 is 61.3 Å². The van der Waals surface area contributed by atoms with Crippen molar-refractivity contribution in [3.05, 3.63) is 12.2 Å². The van der Waals surface area contributed by atoms with Crippen LogP contribution in [0.3, 0.4) is 0 Å². The van der Waals surface area contributed by atoms with Crippen molar-refractivity contribution in [2.45, 2.75) is 162 Å². The molecule has 0 spiro atoms. The van der Waals surface area contributed by atoms with E-state index < -0.39 is 150 Å². The lowest BCUT2D eigenvalue weighted by Crippen LogP contribution is -2.62. The number of ketones is 1. The molecule has 1 aliphatic heterocycles. The fraction of sp³-hybridized carbons (Fsp3) is 0.705. The van der Waals surface area contributed by atoms with Crippen molar-refractivity contribution < 1.29 is 63.0 Å². The van der Waals surface area contributed by atoms with Gasteiger partial charge in [0.2, 0.25) is 59.1 Å². The number of nitrogens with one attached hydrogen (secondary N) is 5. The third kappa shape index (κ3) is 15.5. The van der Waals surface area contributed by atoms with Crippen molar-refractivity contribution in [2.75, 3.05) is 35.2 Å². The Morgan fingerprint density at radius 1 is 0.507 bits per heavy atom. The van der Waals surface area contributed by atoms with Crippen molar-refractivity contribution in [3.8, 4) is 0 Å². The minimum atomic E-state index is -1.75. The minimum Gasteiger partial charge on any atom is -0.391 e. The number of nitrogens with zero attached hydrogens (tertiary/aromatic N) is 5. The summed E-state index contributed by atoms with van der Waals surface area (Å²) in [5.74, 6) is -9.78. The first kappa shape index (κ1) is 59.0. The van der Waals surface area contributed by atoms with Gasteiger partial charge in [0.05, 0.1) is 18.6 Å². The van der Waals surface area contributed by atoms with Crippen molar-refractivity contribution in [1.29, 1.82) is 0 Å². The molecule has 1 rings (SSSR count). The van der Waals surface area contributed by atoms with Gasteiger partial charge in [0, 0.05) is 35.2 Å². The van der Waals surface area contributed by atoms with E-state index in [2.05, 4.69) is 26.6 Å². The van der Waals surface area contributed by atoms with Crippen molar-refractivity contribution >= 4 is 64.9 Å². The molecule has 1 saturated heterocycles. The van der Waals surface area contributed by atoms with Gasteiger partial charge in [-0.05, 0) is 81.6 Å². The second-order valence-electron chi connectivity index (χ2n) is 17.5. The summed E-state index contributed by atoms with van der Waals surface area (Å²) in [6.07, 6.45) is -0.402. The Morgan fingerprint density at radius 2 is 0.881 bits per heavy atom. The van der Waals surface area contributed by atoms with Gasteiger partial charge in [-0.2, -0.15) is 0 Å². The molecular weight excluding hydrogens is 877 g/mol. The number of allylic oxidation sites excluding steroid dienone is 2. The van der Waals surface area contributed by atoms with Gasteiger partial charge in [0.25, 0.3) is 0 Å². The molecule has 0 aromatic heterocycles. The second-order valence-corrected chi connectivity index (χ2v) is 17.5. The normalized spacial score (nSPS) is 30.5. The number of rotatable bonds is 5. The number of Topliss-reactive ketones (excluding diaryl/α,β-unsaturated/α-hetero) is 1. The maximum Gasteiger partial charge on any atom is 0.246 e. The Kier molecular flexibility index (Phi) is 22.7. The van der Waals surface area contributed by atoms with E-state index in [1.165, 1.54) is 97.6 Å². The van der Waals surface area contributed by atoms with E-state index in [4.69, 9.17) is 0 Å². The molecule has 10 amide bonds. The predicted octanol–water partition coefficient (Wildman–Crippen LogP) is -2.98. The van der Waals surface area contributed by atoms with E-state index in [0.29, 0.717) is 0 Å². The van der Waals surface area contributed by atoms with Crippen molar-refractivity contribution in [2.24, 2.45) is 5.92 Å². The molecule has 1 fully saturated rings. The summed E-state index contributed by atoms with van der Waals surface area (Å²) in [6.45, 7) is 15.4. The summed E-state index contributed by atoms with van der Waals surface area (Å²) < 4.78 is 0. The molecule has 13 atom stereocenters. The molecule has 67 heavy (non-hydrogen) atoms. The third-order valence-electron chi connectivity index (χ3n) is 12.3. The highest BCUT2D eigenvalue weighted by Gasteiger charge is 2.42. The lowest BCUT2D eigenvalue weighted by Gasteiger charge is -2.37. The molecular formula is C44H74N10O13. The smallest absolute Gasteiger partial charge is 0.246 e. The van der Waals surface area contributed by atoms with Crippen LogP contribution in [0.15, 0.2) is 12.2 Å². The molecule has 0 saturated carbocycles. The molecule has 1 aliphatic rings. The maximum atomic E-state index is 14.1. The van der Waals surface area contributed by atoms with E-state index in [0.717, 1.165) is 24.5 Å². The van der Waals surface area contributed by atoms with Crippen LogP contribution in [0, 0.1) is 5.92 Å². The van der Waals surface area contributed by atoms with Crippen LogP contribution in [0.2, 0.25) is 0 Å². The molecule has 0 bridgehead atoms. The van der Waals surface area contributed by atoms with E-state index in [1.807, 2.05) is 0 Å². The fourth-order valence-electron chi connectivity index (χ4n) is 6.88. The van der Waals surface area contributed by atoms with Crippen LogP contribution < -0.4 is 26.6 Å². The number of aliphatic hydroxyl groups is 2. The summed E-state index contributed by atoms with van der Waals surface area (Å²) in [5.41, 5.74) is 0. The summed E-state index contributed by atoms with van der Waals surface area (Å²) in [6, 6.07) is -13.3. The molecule has 13 unspecified atom stereocenters. The highest BCUT2D eigenvalue weighted by atomic mass is 16.3. The van der Waals surface area contributed by atoms with E-state index in [-0.39, 0.29) is 6.42 Å². The molecule has 0 radical (unpaired) electrons. The molecule has 0 aromatic rings. The molecule has 23 heteroatoms. The number of aliphatic hydroxyl groups excluding tert-OH is 2. The van der Waals surface area contributed by atoms with Gasteiger partial charge >= 0.3 is 0 Å². The van der Waals surface area contributed by atoms with Gasteiger partial charge in [-0.25, -0.2) is 0 Å². The molecule has 378 valence electrons. The topological polar surface area (TPSA) is 305 Å². The molecule has 0 aliphatic carbocycles. The first-order valence-corrected chi connectivity index (χ1v) is 22.2. The van der Waals surface area contributed by atoms with E-state index >= 15 is 0 Å². The van der Waals surface area contributed by atoms with Crippen molar-refractivity contribution in [1.82, 2.24) is 51.1 Å². The van der Waals surface area contributed by atoms with Crippen LogP contribution in [-0.2, 0) is 52.7 Å². The number of amides is 10. The Balaban J connectivity index is 3.74. The molecule has 1 heterocycles.